The van der Waals surface area contributed by atoms with E-state index in [9.17, 15) is 0 Å². The molecule has 48 valence electrons. The zero-order valence-corrected chi connectivity index (χ0v) is 3.35. The van der Waals surface area contributed by atoms with Crippen LogP contribution in [-0.2, 0) is 14.2 Å². The normalized spacial score (nSPS) is 18.0. The van der Waals surface area contributed by atoms with Gasteiger partial charge in [0.1, 0.15) is 0 Å². The van der Waals surface area contributed by atoms with E-state index in [0.29, 0.717) is 20.4 Å². The maximum atomic E-state index is 4.62. The second-order valence-corrected chi connectivity index (χ2v) is 0.966. The van der Waals surface area contributed by atoms with Crippen LogP contribution in [0.2, 0.25) is 0 Å². The van der Waals surface area contributed by atoms with Gasteiger partial charge in [0.2, 0.25) is 0 Å². The molecule has 0 radical (unpaired) electrons. The first-order valence-corrected chi connectivity index (χ1v) is 1.73. The van der Waals surface area contributed by atoms with Crippen LogP contribution in [0.25, 0.3) is 0 Å². The molecule has 3 nitrogen and oxygen atoms in total. The van der Waals surface area contributed by atoms with E-state index in [1.54, 1.807) is 0 Å². The van der Waals surface area contributed by atoms with Gasteiger partial charge in [-0.05, 0) is 0 Å². The molecule has 0 aromatic heterocycles. The van der Waals surface area contributed by atoms with Gasteiger partial charge < -0.3 is 14.2 Å². The minimum atomic E-state index is 0. The first-order valence-electron chi connectivity index (χ1n) is 1.73. The van der Waals surface area contributed by atoms with Gasteiger partial charge in [0.15, 0.2) is 55.1 Å². The van der Waals surface area contributed by atoms with Crippen molar-refractivity contribution in [3.63, 3.8) is 0 Å². The van der Waals surface area contributed by atoms with E-state index >= 15 is 0 Å². The highest BCUT2D eigenvalue weighted by Gasteiger charge is 1.93. The van der Waals surface area contributed by atoms with Gasteiger partial charge in [0.25, 0.3) is 0 Å². The van der Waals surface area contributed by atoms with Crippen molar-refractivity contribution in [2.45, 2.75) is 0 Å². The standard InChI is InChI=1S/C3H6O3.2Al.6H/c1-4-2-6-3-5-1;;;;;;;;/h1-3H2;;;;;;;;. The lowest BCUT2D eigenvalue weighted by molar-refractivity contribution is -0.247. The van der Waals surface area contributed by atoms with Crippen LogP contribution in [0.5, 0.6) is 0 Å². The summed E-state index contributed by atoms with van der Waals surface area (Å²) in [5, 5.41) is 0. The molecule has 1 aliphatic rings. The second kappa shape index (κ2) is 7.94. The van der Waals surface area contributed by atoms with E-state index < -0.39 is 0 Å². The predicted molar refractivity (Wildman–Crippen MR) is 37.7 cm³/mol. The van der Waals surface area contributed by atoms with Gasteiger partial charge in [-0.3, -0.25) is 0 Å². The molecule has 1 rings (SSSR count). The molecular weight excluding hydrogens is 138 g/mol. The summed E-state index contributed by atoms with van der Waals surface area (Å²) in [6.07, 6.45) is 0. The van der Waals surface area contributed by atoms with Gasteiger partial charge in [0.05, 0.1) is 0 Å². The van der Waals surface area contributed by atoms with Crippen molar-refractivity contribution in [1.29, 1.82) is 0 Å². The topological polar surface area (TPSA) is 27.7 Å². The van der Waals surface area contributed by atoms with Gasteiger partial charge in [-0.2, -0.15) is 0 Å². The lowest BCUT2D eigenvalue weighted by Gasteiger charge is -2.10. The van der Waals surface area contributed by atoms with E-state index in [-0.39, 0.29) is 34.7 Å². The highest BCUT2D eigenvalue weighted by atomic mass is 27.0. The second-order valence-electron chi connectivity index (χ2n) is 0.966. The van der Waals surface area contributed by atoms with Gasteiger partial charge in [-0.1, -0.05) is 0 Å². The fourth-order valence-electron chi connectivity index (χ4n) is 0.279. The monoisotopic (exact) mass is 150 g/mol. The van der Waals surface area contributed by atoms with E-state index in [0.717, 1.165) is 0 Å². The quantitative estimate of drug-likeness (QED) is 0.359. The average Bonchev–Trinajstić information content (AvgIpc) is 1.72. The zero-order valence-electron chi connectivity index (χ0n) is 3.35. The molecule has 0 saturated carbocycles. The highest BCUT2D eigenvalue weighted by molar-refractivity contribution is 5.76. The third-order valence-electron chi connectivity index (χ3n) is 0.500. The SMILES string of the molecule is C1OCOCO1.[AlH3].[AlH3]. The first kappa shape index (κ1) is 11.7. The molecule has 1 fully saturated rings. The van der Waals surface area contributed by atoms with Crippen LogP contribution in [0.15, 0.2) is 0 Å². The Labute approximate surface area is 69.6 Å². The number of rotatable bonds is 0. The molecule has 0 aromatic carbocycles. The molecule has 8 heavy (non-hydrogen) atoms. The Morgan fingerprint density at radius 1 is 0.625 bits per heavy atom. The lowest BCUT2D eigenvalue weighted by atomic mass is 11.2. The molecule has 0 unspecified atom stereocenters. The summed E-state index contributed by atoms with van der Waals surface area (Å²) in [5.74, 6) is 0. The molecule has 1 heterocycles. The zero-order chi connectivity index (χ0) is 4.24. The van der Waals surface area contributed by atoms with Crippen molar-refractivity contribution in [2.24, 2.45) is 0 Å². The van der Waals surface area contributed by atoms with Gasteiger partial charge >= 0.3 is 0 Å². The van der Waals surface area contributed by atoms with E-state index in [1.165, 1.54) is 0 Å². The fourth-order valence-corrected chi connectivity index (χ4v) is 0.279. The van der Waals surface area contributed by atoms with Gasteiger partial charge in [0, 0.05) is 0 Å². The molecule has 0 N–H and O–H groups in total. The van der Waals surface area contributed by atoms with Crippen molar-refractivity contribution in [1.82, 2.24) is 0 Å². The molecule has 5 heteroatoms. The molecule has 0 spiro atoms. The minimum Gasteiger partial charge on any atom is -0.329 e. The summed E-state index contributed by atoms with van der Waals surface area (Å²) >= 11 is 0. The van der Waals surface area contributed by atoms with E-state index in [2.05, 4.69) is 14.2 Å². The maximum absolute atomic E-state index is 4.62. The Hall–Kier alpha value is 0.945. The smallest absolute Gasteiger partial charge is 0.187 e. The van der Waals surface area contributed by atoms with Crippen LogP contribution in [0, 0.1) is 0 Å². The van der Waals surface area contributed by atoms with Gasteiger partial charge in [-0.25, -0.2) is 0 Å². The predicted octanol–water partition coefficient (Wildman–Crippen LogP) is -2.45. The summed E-state index contributed by atoms with van der Waals surface area (Å²) in [5.41, 5.74) is 0. The van der Waals surface area contributed by atoms with Crippen molar-refractivity contribution in [3.05, 3.63) is 0 Å². The number of hydrogen-bond acceptors (Lipinski definition) is 3. The van der Waals surface area contributed by atoms with Crippen LogP contribution in [0.4, 0.5) is 0 Å². The summed E-state index contributed by atoms with van der Waals surface area (Å²) in [4.78, 5) is 0. The number of hydrogen-bond donors (Lipinski definition) is 0. The van der Waals surface area contributed by atoms with E-state index in [4.69, 9.17) is 0 Å². The summed E-state index contributed by atoms with van der Waals surface area (Å²) in [7, 11) is 0. The van der Waals surface area contributed by atoms with Crippen molar-refractivity contribution in [2.75, 3.05) is 20.4 Å². The number of ether oxygens (including phenoxy) is 3. The highest BCUT2D eigenvalue weighted by Crippen LogP contribution is 1.87. The van der Waals surface area contributed by atoms with Crippen LogP contribution in [-0.4, -0.2) is 55.1 Å². The largest absolute Gasteiger partial charge is 0.329 e. The molecule has 1 saturated heterocycles. The van der Waals surface area contributed by atoms with Crippen LogP contribution < -0.4 is 0 Å². The molecule has 0 atom stereocenters. The van der Waals surface area contributed by atoms with Crippen LogP contribution in [0.1, 0.15) is 0 Å². The molecule has 1 aliphatic heterocycles. The van der Waals surface area contributed by atoms with Crippen molar-refractivity contribution >= 4 is 34.7 Å². The molecule has 0 amide bonds. The molecule has 0 aliphatic carbocycles. The van der Waals surface area contributed by atoms with Crippen LogP contribution >= 0.6 is 0 Å². The third kappa shape index (κ3) is 5.09. The Kier molecular flexibility index (Phi) is 11.6. The van der Waals surface area contributed by atoms with Gasteiger partial charge in [-0.15, -0.1) is 0 Å². The Balaban J connectivity index is 0. The Morgan fingerprint density at radius 2 is 0.875 bits per heavy atom. The molecule has 0 aromatic rings. The van der Waals surface area contributed by atoms with Crippen molar-refractivity contribution in [3.8, 4) is 0 Å². The molecule has 0 bridgehead atoms. The minimum absolute atomic E-state index is 0. The fraction of sp³-hybridized carbons (Fsp3) is 1.00. The summed E-state index contributed by atoms with van der Waals surface area (Å²) in [6, 6.07) is 0. The van der Waals surface area contributed by atoms with Crippen LogP contribution in [0.3, 0.4) is 0 Å². The van der Waals surface area contributed by atoms with E-state index in [1.807, 2.05) is 0 Å². The van der Waals surface area contributed by atoms with Crippen molar-refractivity contribution < 1.29 is 14.2 Å². The average molecular weight is 150 g/mol. The third-order valence-corrected chi connectivity index (χ3v) is 0.500. The lowest BCUT2D eigenvalue weighted by Crippen LogP contribution is -2.14. The Morgan fingerprint density at radius 3 is 1.00 bits per heavy atom. The maximum Gasteiger partial charge on any atom is 0.187 e. The molecular formula is C3H12Al2O3. The summed E-state index contributed by atoms with van der Waals surface area (Å²) in [6.45, 7) is 1.12. The summed E-state index contributed by atoms with van der Waals surface area (Å²) < 4.78 is 13.9. The first-order chi connectivity index (χ1) is 3.00. The Bertz CT molecular complexity index is 28.0.